The van der Waals surface area contributed by atoms with Crippen molar-refractivity contribution in [3.8, 4) is 22.3 Å². The number of hydrogen-bond acceptors (Lipinski definition) is 1. The van der Waals surface area contributed by atoms with E-state index in [0.29, 0.717) is 11.3 Å². The van der Waals surface area contributed by atoms with Crippen LogP contribution >= 0.6 is 0 Å². The van der Waals surface area contributed by atoms with Gasteiger partial charge in [-0.1, -0.05) is 60.5 Å². The molecule has 3 aromatic rings. The largest absolute Gasteiger partial charge is 0.398 e. The Labute approximate surface area is 126 Å². The number of rotatable bonds is 2. The Bertz CT molecular complexity index is 939. The van der Waals surface area contributed by atoms with Crippen molar-refractivity contribution in [1.29, 1.82) is 0 Å². The van der Waals surface area contributed by atoms with E-state index in [1.165, 1.54) is 0 Å². The molecule has 0 saturated heterocycles. The Hall–Kier alpha value is -2.54. The first-order valence-corrected chi connectivity index (χ1v) is 6.35. The lowest BCUT2D eigenvalue weighted by atomic mass is 9.94. The first kappa shape index (κ1) is 7.91. The summed E-state index contributed by atoms with van der Waals surface area (Å²) in [6.45, 7) is 1.89. The van der Waals surface area contributed by atoms with Gasteiger partial charge < -0.3 is 5.73 Å². The van der Waals surface area contributed by atoms with Crippen molar-refractivity contribution in [2.75, 3.05) is 5.73 Å². The molecule has 0 amide bonds. The molecule has 0 unspecified atom stereocenters. The summed E-state index contributed by atoms with van der Waals surface area (Å²) in [6, 6.07) is 11.6. The standard InChI is InChI=1S/C19H17N/c1-14-12-17(15-8-4-2-5-9-15)19(20)18(13-14)16-10-6-3-7-11-16/h2-13H,20H2,1H3/i2D,4D,5D,8D,9D. The summed E-state index contributed by atoms with van der Waals surface area (Å²) in [5, 5.41) is 0. The molecule has 3 rings (SSSR count). The molecule has 98 valence electrons. The van der Waals surface area contributed by atoms with Crippen LogP contribution in [-0.4, -0.2) is 0 Å². The third-order valence-corrected chi connectivity index (χ3v) is 3.18. The molecule has 0 aromatic heterocycles. The number of benzene rings is 3. The van der Waals surface area contributed by atoms with Crippen LogP contribution in [0.3, 0.4) is 0 Å². The number of nitrogens with two attached hydrogens (primary N) is 1. The number of anilines is 1. The van der Waals surface area contributed by atoms with Gasteiger partial charge in [0, 0.05) is 16.8 Å². The molecule has 0 aliphatic carbocycles. The van der Waals surface area contributed by atoms with Gasteiger partial charge in [0.05, 0.1) is 6.85 Å². The van der Waals surface area contributed by atoms with Crippen molar-refractivity contribution in [2.45, 2.75) is 6.92 Å². The average Bonchev–Trinajstić information content (AvgIpc) is 2.61. The topological polar surface area (TPSA) is 26.0 Å². The minimum absolute atomic E-state index is 0.129. The summed E-state index contributed by atoms with van der Waals surface area (Å²) in [5.74, 6) is 0. The van der Waals surface area contributed by atoms with Gasteiger partial charge in [0.25, 0.3) is 0 Å². The molecular formula is C19H17N. The molecular weight excluding hydrogens is 242 g/mol. The first-order valence-electron chi connectivity index (χ1n) is 8.85. The highest BCUT2D eigenvalue weighted by Crippen LogP contribution is 2.35. The SMILES string of the molecule is [2H]c1c([2H])c([2H])c(-c2cc(C)cc(-c3ccccc3)c2N)c([2H])c1[2H]. The molecule has 0 aliphatic rings. The van der Waals surface area contributed by atoms with Gasteiger partial charge in [-0.25, -0.2) is 0 Å². The minimum atomic E-state index is -0.409. The second kappa shape index (κ2) is 5.22. The normalized spacial score (nSPS) is 13.9. The maximum Gasteiger partial charge on any atom is 0.0629 e. The van der Waals surface area contributed by atoms with Crippen LogP contribution in [0.5, 0.6) is 0 Å². The van der Waals surface area contributed by atoms with E-state index in [2.05, 4.69) is 0 Å². The Balaban J connectivity index is 2.36. The van der Waals surface area contributed by atoms with Crippen molar-refractivity contribution >= 4 is 5.69 Å². The van der Waals surface area contributed by atoms with Crippen molar-refractivity contribution in [3.63, 3.8) is 0 Å². The van der Waals surface area contributed by atoms with Crippen LogP contribution in [0.15, 0.2) is 72.7 Å². The summed E-state index contributed by atoms with van der Waals surface area (Å²) >= 11 is 0. The predicted molar refractivity (Wildman–Crippen MR) is 86.5 cm³/mol. The fourth-order valence-corrected chi connectivity index (χ4v) is 2.25. The van der Waals surface area contributed by atoms with Gasteiger partial charge in [0.15, 0.2) is 0 Å². The Morgan fingerprint density at radius 1 is 0.850 bits per heavy atom. The second-order valence-electron chi connectivity index (χ2n) is 4.64. The Morgan fingerprint density at radius 3 is 2.10 bits per heavy atom. The van der Waals surface area contributed by atoms with Gasteiger partial charge in [0.1, 0.15) is 0 Å². The van der Waals surface area contributed by atoms with Crippen LogP contribution in [0.2, 0.25) is 0 Å². The molecule has 0 saturated carbocycles. The number of aryl methyl sites for hydroxylation is 1. The van der Waals surface area contributed by atoms with Crippen molar-refractivity contribution in [1.82, 2.24) is 0 Å². The second-order valence-corrected chi connectivity index (χ2v) is 4.64. The fourth-order valence-electron chi connectivity index (χ4n) is 2.25. The highest BCUT2D eigenvalue weighted by atomic mass is 14.6. The van der Waals surface area contributed by atoms with E-state index in [0.717, 1.165) is 16.7 Å². The van der Waals surface area contributed by atoms with E-state index in [1.54, 1.807) is 6.07 Å². The molecule has 0 atom stereocenters. The van der Waals surface area contributed by atoms with Gasteiger partial charge in [-0.2, -0.15) is 0 Å². The van der Waals surface area contributed by atoms with Crippen LogP contribution in [0.25, 0.3) is 22.3 Å². The Kier molecular flexibility index (Phi) is 2.06. The third-order valence-electron chi connectivity index (χ3n) is 3.18. The van der Waals surface area contributed by atoms with Gasteiger partial charge in [0.2, 0.25) is 0 Å². The van der Waals surface area contributed by atoms with E-state index in [4.69, 9.17) is 12.6 Å². The van der Waals surface area contributed by atoms with Gasteiger partial charge >= 0.3 is 0 Å². The molecule has 2 N–H and O–H groups in total. The lowest BCUT2D eigenvalue weighted by molar-refractivity contribution is 1.46. The highest BCUT2D eigenvalue weighted by Gasteiger charge is 2.09. The van der Waals surface area contributed by atoms with Crippen LogP contribution in [0.4, 0.5) is 5.69 Å². The van der Waals surface area contributed by atoms with E-state index in [-0.39, 0.29) is 29.7 Å². The average molecular weight is 264 g/mol. The minimum Gasteiger partial charge on any atom is -0.398 e. The highest BCUT2D eigenvalue weighted by molar-refractivity contribution is 5.89. The monoisotopic (exact) mass is 264 g/mol. The lowest BCUT2D eigenvalue weighted by Gasteiger charge is -2.13. The van der Waals surface area contributed by atoms with Crippen molar-refractivity contribution in [2.24, 2.45) is 0 Å². The summed E-state index contributed by atoms with van der Waals surface area (Å²) in [7, 11) is 0. The van der Waals surface area contributed by atoms with Gasteiger partial charge in [-0.05, 0) is 35.7 Å². The van der Waals surface area contributed by atoms with Crippen LogP contribution < -0.4 is 5.73 Å². The molecule has 0 aliphatic heterocycles. The molecule has 0 spiro atoms. The first-order chi connectivity index (χ1) is 11.8. The van der Waals surface area contributed by atoms with E-state index in [1.807, 2.05) is 43.3 Å². The summed E-state index contributed by atoms with van der Waals surface area (Å²) in [6.07, 6.45) is 0. The molecule has 20 heavy (non-hydrogen) atoms. The van der Waals surface area contributed by atoms with Crippen LogP contribution in [0.1, 0.15) is 12.4 Å². The summed E-state index contributed by atoms with van der Waals surface area (Å²) in [5.41, 5.74) is 9.93. The fraction of sp³-hybridized carbons (Fsp3) is 0.0526. The zero-order chi connectivity index (χ0) is 18.3. The smallest absolute Gasteiger partial charge is 0.0629 e. The molecule has 3 aromatic carbocycles. The summed E-state index contributed by atoms with van der Waals surface area (Å²) in [4.78, 5) is 0. The van der Waals surface area contributed by atoms with Gasteiger partial charge in [-0.15, -0.1) is 0 Å². The van der Waals surface area contributed by atoms with E-state index >= 15 is 0 Å². The molecule has 0 radical (unpaired) electrons. The Morgan fingerprint density at radius 2 is 1.45 bits per heavy atom. The zero-order valence-electron chi connectivity index (χ0n) is 16.1. The quantitative estimate of drug-likeness (QED) is 0.654. The molecule has 0 heterocycles. The molecule has 1 nitrogen and oxygen atoms in total. The maximum atomic E-state index is 8.19. The third kappa shape index (κ3) is 2.30. The van der Waals surface area contributed by atoms with Crippen LogP contribution in [0, 0.1) is 6.92 Å². The summed E-state index contributed by atoms with van der Waals surface area (Å²) < 4.78 is 39.9. The molecule has 0 fully saturated rings. The predicted octanol–water partition coefficient (Wildman–Crippen LogP) is 4.91. The van der Waals surface area contributed by atoms with Crippen molar-refractivity contribution < 1.29 is 6.85 Å². The number of hydrogen-bond donors (Lipinski definition) is 1. The van der Waals surface area contributed by atoms with E-state index < -0.39 is 6.04 Å². The molecule has 0 bridgehead atoms. The van der Waals surface area contributed by atoms with Gasteiger partial charge in [-0.3, -0.25) is 0 Å². The lowest BCUT2D eigenvalue weighted by Crippen LogP contribution is -1.95. The van der Waals surface area contributed by atoms with Crippen LogP contribution in [-0.2, 0) is 0 Å². The molecule has 1 heteroatoms. The maximum absolute atomic E-state index is 8.19. The zero-order valence-corrected chi connectivity index (χ0v) is 11.1. The van der Waals surface area contributed by atoms with E-state index in [9.17, 15) is 0 Å². The van der Waals surface area contributed by atoms with Crippen molar-refractivity contribution in [3.05, 3.63) is 78.2 Å². The number of nitrogen functional groups attached to an aromatic ring is 1.